The molecule has 5 heteroatoms. The zero-order chi connectivity index (χ0) is 16.9. The van der Waals surface area contributed by atoms with Gasteiger partial charge in [0, 0.05) is 5.41 Å². The minimum atomic E-state index is -3.56. The second-order valence-corrected chi connectivity index (χ2v) is 10.7. The highest BCUT2D eigenvalue weighted by atomic mass is 32.3. The van der Waals surface area contributed by atoms with Crippen molar-refractivity contribution in [3.63, 3.8) is 0 Å². The Labute approximate surface area is 143 Å². The van der Waals surface area contributed by atoms with Crippen molar-refractivity contribution >= 4 is 21.6 Å². The largest absolute Gasteiger partial charge is 0.392 e. The fourth-order valence-electron chi connectivity index (χ4n) is 4.84. The SMILES string of the molecule is C=CSC(C12CCC(CC1O)C2(C)C)S(=O)(=O)c1ccccc1. The lowest BCUT2D eigenvalue weighted by molar-refractivity contribution is 0.00907. The molecule has 126 valence electrons. The molecular formula is C18H24O3S2. The number of aliphatic hydroxyl groups is 1. The van der Waals surface area contributed by atoms with Crippen LogP contribution in [0.25, 0.3) is 0 Å². The average Bonchev–Trinajstić information content (AvgIpc) is 2.88. The Bertz CT molecular complexity index is 696. The van der Waals surface area contributed by atoms with E-state index in [1.54, 1.807) is 29.7 Å². The molecule has 2 aliphatic rings. The summed E-state index contributed by atoms with van der Waals surface area (Å²) in [6, 6.07) is 8.58. The van der Waals surface area contributed by atoms with Crippen LogP contribution in [0.2, 0.25) is 0 Å². The molecule has 0 aromatic heterocycles. The smallest absolute Gasteiger partial charge is 0.191 e. The first-order valence-electron chi connectivity index (χ1n) is 8.02. The van der Waals surface area contributed by atoms with Crippen LogP contribution < -0.4 is 0 Å². The van der Waals surface area contributed by atoms with Crippen molar-refractivity contribution < 1.29 is 13.5 Å². The van der Waals surface area contributed by atoms with Gasteiger partial charge in [-0.2, -0.15) is 0 Å². The third-order valence-corrected chi connectivity index (χ3v) is 10.1. The van der Waals surface area contributed by atoms with Gasteiger partial charge < -0.3 is 5.11 Å². The Morgan fingerprint density at radius 1 is 1.35 bits per heavy atom. The maximum Gasteiger partial charge on any atom is 0.191 e. The van der Waals surface area contributed by atoms with Gasteiger partial charge in [0.15, 0.2) is 9.84 Å². The number of rotatable bonds is 5. The zero-order valence-electron chi connectivity index (χ0n) is 13.6. The van der Waals surface area contributed by atoms with Crippen molar-refractivity contribution in [1.82, 2.24) is 0 Å². The molecule has 0 saturated heterocycles. The van der Waals surface area contributed by atoms with E-state index in [4.69, 9.17) is 0 Å². The van der Waals surface area contributed by atoms with Gasteiger partial charge in [-0.05, 0) is 48.1 Å². The minimum Gasteiger partial charge on any atom is -0.392 e. The number of hydrogen-bond donors (Lipinski definition) is 1. The zero-order valence-corrected chi connectivity index (χ0v) is 15.2. The van der Waals surface area contributed by atoms with Crippen LogP contribution in [0.15, 0.2) is 47.2 Å². The molecule has 3 nitrogen and oxygen atoms in total. The average molecular weight is 353 g/mol. The number of hydrogen-bond acceptors (Lipinski definition) is 4. The molecule has 1 aromatic carbocycles. The molecule has 3 rings (SSSR count). The first kappa shape index (κ1) is 17.1. The van der Waals surface area contributed by atoms with Crippen LogP contribution in [-0.2, 0) is 9.84 Å². The van der Waals surface area contributed by atoms with Crippen molar-refractivity contribution in [2.24, 2.45) is 16.7 Å². The van der Waals surface area contributed by atoms with Crippen LogP contribution >= 0.6 is 11.8 Å². The van der Waals surface area contributed by atoms with Crippen LogP contribution in [0.3, 0.4) is 0 Å². The quantitative estimate of drug-likeness (QED) is 0.874. The summed E-state index contributed by atoms with van der Waals surface area (Å²) in [6.45, 7) is 7.99. The summed E-state index contributed by atoms with van der Waals surface area (Å²) in [5, 5.41) is 12.4. The van der Waals surface area contributed by atoms with E-state index in [9.17, 15) is 13.5 Å². The second kappa shape index (κ2) is 5.64. The molecule has 0 aliphatic heterocycles. The Kier molecular flexibility index (Phi) is 4.18. The van der Waals surface area contributed by atoms with Gasteiger partial charge in [-0.25, -0.2) is 8.42 Å². The lowest BCUT2D eigenvalue weighted by atomic mass is 9.69. The Morgan fingerprint density at radius 3 is 2.48 bits per heavy atom. The Morgan fingerprint density at radius 2 is 2.00 bits per heavy atom. The fraction of sp³-hybridized carbons (Fsp3) is 0.556. The molecule has 0 spiro atoms. The topological polar surface area (TPSA) is 54.4 Å². The number of benzene rings is 1. The molecule has 4 unspecified atom stereocenters. The predicted molar refractivity (Wildman–Crippen MR) is 94.8 cm³/mol. The summed E-state index contributed by atoms with van der Waals surface area (Å²) in [5.74, 6) is 0.386. The monoisotopic (exact) mass is 352 g/mol. The van der Waals surface area contributed by atoms with Crippen LogP contribution in [0.5, 0.6) is 0 Å². The van der Waals surface area contributed by atoms with Crippen molar-refractivity contribution in [3.8, 4) is 0 Å². The summed E-state index contributed by atoms with van der Waals surface area (Å²) >= 11 is 1.25. The fourth-order valence-corrected chi connectivity index (χ4v) is 8.90. The third-order valence-electron chi connectivity index (χ3n) is 6.22. The molecule has 2 saturated carbocycles. The van der Waals surface area contributed by atoms with Gasteiger partial charge in [-0.3, -0.25) is 0 Å². The molecule has 4 atom stereocenters. The molecule has 2 aliphatic carbocycles. The minimum absolute atomic E-state index is 0.199. The highest BCUT2D eigenvalue weighted by Crippen LogP contribution is 2.69. The van der Waals surface area contributed by atoms with Crippen LogP contribution in [0.1, 0.15) is 33.1 Å². The van der Waals surface area contributed by atoms with E-state index in [2.05, 4.69) is 20.4 Å². The molecule has 2 fully saturated rings. The van der Waals surface area contributed by atoms with Gasteiger partial charge in [0.2, 0.25) is 0 Å². The van der Waals surface area contributed by atoms with E-state index in [-0.39, 0.29) is 5.41 Å². The van der Waals surface area contributed by atoms with Gasteiger partial charge in [0.1, 0.15) is 4.58 Å². The van der Waals surface area contributed by atoms with Crippen molar-refractivity contribution in [1.29, 1.82) is 0 Å². The summed E-state index contributed by atoms with van der Waals surface area (Å²) < 4.78 is 26.0. The van der Waals surface area contributed by atoms with E-state index >= 15 is 0 Å². The highest BCUT2D eigenvalue weighted by Gasteiger charge is 2.69. The number of aliphatic hydroxyl groups excluding tert-OH is 1. The molecular weight excluding hydrogens is 328 g/mol. The third kappa shape index (κ3) is 2.24. The van der Waals surface area contributed by atoms with Crippen molar-refractivity contribution in [2.75, 3.05) is 0 Å². The summed E-state index contributed by atoms with van der Waals surface area (Å²) in [4.78, 5) is 0.326. The summed E-state index contributed by atoms with van der Waals surface area (Å²) in [7, 11) is -3.56. The standard InChI is InChI=1S/C18H24O3S2/c1-4-22-16(23(20,21)14-8-6-5-7-9-14)18-11-10-13(12-15(18)19)17(18,2)3/h4-9,13,15-16,19H,1,10-12H2,2-3H3. The maximum absolute atomic E-state index is 13.3. The predicted octanol–water partition coefficient (Wildman–Crippen LogP) is 3.85. The number of sulfone groups is 1. The van der Waals surface area contributed by atoms with E-state index < -0.39 is 25.9 Å². The van der Waals surface area contributed by atoms with E-state index in [0.29, 0.717) is 17.2 Å². The molecule has 0 heterocycles. The normalized spacial score (nSPS) is 33.5. The molecule has 0 amide bonds. The molecule has 1 aromatic rings. The lowest BCUT2D eigenvalue weighted by Gasteiger charge is -2.45. The van der Waals surface area contributed by atoms with Crippen LogP contribution in [-0.4, -0.2) is 24.2 Å². The molecule has 2 bridgehead atoms. The first-order chi connectivity index (χ1) is 10.8. The van der Waals surface area contributed by atoms with Gasteiger partial charge >= 0.3 is 0 Å². The van der Waals surface area contributed by atoms with Gasteiger partial charge in [-0.1, -0.05) is 38.6 Å². The number of thioether (sulfide) groups is 1. The molecule has 0 radical (unpaired) electrons. The summed E-state index contributed by atoms with van der Waals surface area (Å²) in [5.41, 5.74) is -0.819. The van der Waals surface area contributed by atoms with E-state index in [1.807, 2.05) is 6.07 Å². The van der Waals surface area contributed by atoms with E-state index in [1.165, 1.54) is 11.8 Å². The highest BCUT2D eigenvalue weighted by molar-refractivity contribution is 8.15. The lowest BCUT2D eigenvalue weighted by Crippen LogP contribution is -2.50. The van der Waals surface area contributed by atoms with Crippen molar-refractivity contribution in [3.05, 3.63) is 42.3 Å². The van der Waals surface area contributed by atoms with Crippen LogP contribution in [0, 0.1) is 16.7 Å². The van der Waals surface area contributed by atoms with E-state index in [0.717, 1.165) is 12.8 Å². The van der Waals surface area contributed by atoms with Gasteiger partial charge in [0.05, 0.1) is 11.0 Å². The first-order valence-corrected chi connectivity index (χ1v) is 10.5. The van der Waals surface area contributed by atoms with Crippen molar-refractivity contribution in [2.45, 2.75) is 48.7 Å². The maximum atomic E-state index is 13.3. The second-order valence-electron chi connectivity index (χ2n) is 7.24. The molecule has 1 N–H and O–H groups in total. The summed E-state index contributed by atoms with van der Waals surface area (Å²) in [6.07, 6.45) is 1.87. The van der Waals surface area contributed by atoms with Gasteiger partial charge in [0.25, 0.3) is 0 Å². The Balaban J connectivity index is 2.15. The molecule has 23 heavy (non-hydrogen) atoms. The Hall–Kier alpha value is -0.780. The van der Waals surface area contributed by atoms with Crippen LogP contribution in [0.4, 0.5) is 0 Å². The number of fused-ring (bicyclic) bond motifs is 2. The van der Waals surface area contributed by atoms with Gasteiger partial charge in [-0.15, -0.1) is 11.8 Å².